The molecule has 0 aliphatic carbocycles. The van der Waals surface area contributed by atoms with Gasteiger partial charge in [0.25, 0.3) is 0 Å². The average molecular weight is 335 g/mol. The lowest BCUT2D eigenvalue weighted by molar-refractivity contribution is -0.138. The zero-order chi connectivity index (χ0) is 18.0. The number of nitrogens with one attached hydrogen (secondary N) is 1. The number of benzene rings is 2. The number of aromatic nitrogens is 1. The summed E-state index contributed by atoms with van der Waals surface area (Å²) < 4.78 is 0. The molecule has 2 N–H and O–H groups in total. The number of ketones is 1. The van der Waals surface area contributed by atoms with Crippen LogP contribution >= 0.6 is 0 Å². The first-order valence-electron chi connectivity index (χ1n) is 8.28. The molecule has 1 heterocycles. The first kappa shape index (κ1) is 17.0. The SMILES string of the molecule is CC(C)(CC(=O)O)c1cccc2c(C(=O)Cc3ccccc3)c[nH]c12. The van der Waals surface area contributed by atoms with Gasteiger partial charge in [-0.3, -0.25) is 9.59 Å². The fourth-order valence-corrected chi connectivity index (χ4v) is 3.30. The highest BCUT2D eigenvalue weighted by Gasteiger charge is 2.27. The molecule has 0 aliphatic heterocycles. The summed E-state index contributed by atoms with van der Waals surface area (Å²) in [4.78, 5) is 27.1. The number of carboxylic acids is 1. The van der Waals surface area contributed by atoms with Gasteiger partial charge in [-0.25, -0.2) is 0 Å². The number of H-pyrrole nitrogens is 1. The maximum Gasteiger partial charge on any atom is 0.304 e. The van der Waals surface area contributed by atoms with Crippen LogP contribution in [0.15, 0.2) is 54.7 Å². The largest absolute Gasteiger partial charge is 0.481 e. The number of para-hydroxylation sites is 1. The van der Waals surface area contributed by atoms with Gasteiger partial charge in [0.15, 0.2) is 5.78 Å². The molecule has 0 atom stereocenters. The van der Waals surface area contributed by atoms with E-state index >= 15 is 0 Å². The minimum absolute atomic E-state index is 0.0262. The normalized spacial score (nSPS) is 11.6. The lowest BCUT2D eigenvalue weighted by Crippen LogP contribution is -2.22. The predicted molar refractivity (Wildman–Crippen MR) is 98.1 cm³/mol. The Morgan fingerprint density at radius 3 is 2.44 bits per heavy atom. The predicted octanol–water partition coefficient (Wildman–Crippen LogP) is 4.35. The van der Waals surface area contributed by atoms with E-state index in [2.05, 4.69) is 4.98 Å². The minimum Gasteiger partial charge on any atom is -0.481 e. The van der Waals surface area contributed by atoms with Crippen LogP contribution in [0.1, 0.15) is 41.8 Å². The Kier molecular flexibility index (Phi) is 4.45. The molecule has 128 valence electrons. The minimum atomic E-state index is -0.839. The van der Waals surface area contributed by atoms with Crippen LogP contribution in [-0.2, 0) is 16.6 Å². The number of carbonyl (C=O) groups is 2. The number of aliphatic carboxylic acids is 1. The van der Waals surface area contributed by atoms with Gasteiger partial charge >= 0.3 is 5.97 Å². The molecule has 0 unspecified atom stereocenters. The van der Waals surface area contributed by atoms with Crippen LogP contribution in [0.25, 0.3) is 10.9 Å². The van der Waals surface area contributed by atoms with Gasteiger partial charge in [-0.05, 0) is 11.1 Å². The van der Waals surface area contributed by atoms with E-state index in [0.717, 1.165) is 22.0 Å². The van der Waals surface area contributed by atoms with Crippen molar-refractivity contribution in [3.05, 3.63) is 71.4 Å². The zero-order valence-electron chi connectivity index (χ0n) is 14.4. The summed E-state index contributed by atoms with van der Waals surface area (Å²) in [5.74, 6) is -0.792. The second kappa shape index (κ2) is 6.55. The fraction of sp³-hybridized carbons (Fsp3) is 0.238. The summed E-state index contributed by atoms with van der Waals surface area (Å²) in [6.07, 6.45) is 2.10. The van der Waals surface area contributed by atoms with Crippen molar-refractivity contribution in [3.8, 4) is 0 Å². The summed E-state index contributed by atoms with van der Waals surface area (Å²) in [7, 11) is 0. The Morgan fingerprint density at radius 1 is 1.04 bits per heavy atom. The van der Waals surface area contributed by atoms with Gasteiger partial charge in [-0.15, -0.1) is 0 Å². The molecule has 0 amide bonds. The lowest BCUT2D eigenvalue weighted by atomic mass is 9.80. The van der Waals surface area contributed by atoms with Crippen molar-refractivity contribution in [2.75, 3.05) is 0 Å². The Hall–Kier alpha value is -2.88. The quantitative estimate of drug-likeness (QED) is 0.658. The van der Waals surface area contributed by atoms with E-state index in [1.165, 1.54) is 0 Å². The topological polar surface area (TPSA) is 70.2 Å². The first-order valence-corrected chi connectivity index (χ1v) is 8.28. The van der Waals surface area contributed by atoms with Crippen molar-refractivity contribution in [2.24, 2.45) is 0 Å². The van der Waals surface area contributed by atoms with Crippen LogP contribution in [0.3, 0.4) is 0 Å². The molecular weight excluding hydrogens is 314 g/mol. The van der Waals surface area contributed by atoms with Crippen molar-refractivity contribution in [1.82, 2.24) is 4.98 Å². The lowest BCUT2D eigenvalue weighted by Gasteiger charge is -2.23. The molecule has 25 heavy (non-hydrogen) atoms. The Morgan fingerprint density at radius 2 is 1.76 bits per heavy atom. The Labute approximate surface area is 146 Å². The molecule has 1 aromatic heterocycles. The highest BCUT2D eigenvalue weighted by molar-refractivity contribution is 6.09. The number of fused-ring (bicyclic) bond motifs is 1. The van der Waals surface area contributed by atoms with E-state index in [9.17, 15) is 14.7 Å². The van der Waals surface area contributed by atoms with Gasteiger partial charge in [0, 0.05) is 34.5 Å². The van der Waals surface area contributed by atoms with E-state index in [1.807, 2.05) is 62.4 Å². The number of carbonyl (C=O) groups excluding carboxylic acids is 1. The summed E-state index contributed by atoms with van der Waals surface area (Å²) in [5.41, 5.74) is 2.84. The van der Waals surface area contributed by atoms with Crippen LogP contribution < -0.4 is 0 Å². The third-order valence-corrected chi connectivity index (χ3v) is 4.55. The standard InChI is InChI=1S/C21H21NO3/c1-21(2,12-19(24)25)17-10-6-9-15-16(13-22-20(15)17)18(23)11-14-7-4-3-5-8-14/h3-10,13,22H,11-12H2,1-2H3,(H,24,25). The molecular formula is C21H21NO3. The molecule has 0 saturated carbocycles. The number of aromatic amines is 1. The van der Waals surface area contributed by atoms with Crippen LogP contribution in [-0.4, -0.2) is 21.8 Å². The smallest absolute Gasteiger partial charge is 0.304 e. The van der Waals surface area contributed by atoms with Gasteiger partial charge in [-0.1, -0.05) is 62.4 Å². The van der Waals surface area contributed by atoms with Crippen LogP contribution in [0.5, 0.6) is 0 Å². The third-order valence-electron chi connectivity index (χ3n) is 4.55. The van der Waals surface area contributed by atoms with Gasteiger partial charge in [0.2, 0.25) is 0 Å². The van der Waals surface area contributed by atoms with Crippen molar-refractivity contribution >= 4 is 22.7 Å². The molecule has 3 rings (SSSR count). The Bertz CT molecular complexity index is 923. The van der Waals surface area contributed by atoms with E-state index in [1.54, 1.807) is 6.20 Å². The Balaban J connectivity index is 1.98. The molecule has 0 fully saturated rings. The van der Waals surface area contributed by atoms with Gasteiger partial charge < -0.3 is 10.1 Å². The average Bonchev–Trinajstić information content (AvgIpc) is 2.98. The molecule has 4 heteroatoms. The number of hydrogen-bond acceptors (Lipinski definition) is 2. The number of carboxylic acid groups (broad SMARTS) is 1. The second-order valence-corrected chi connectivity index (χ2v) is 6.97. The summed E-state index contributed by atoms with van der Waals surface area (Å²) in [6, 6.07) is 15.4. The highest BCUT2D eigenvalue weighted by atomic mass is 16.4. The van der Waals surface area contributed by atoms with E-state index < -0.39 is 11.4 Å². The van der Waals surface area contributed by atoms with Crippen molar-refractivity contribution < 1.29 is 14.7 Å². The monoisotopic (exact) mass is 335 g/mol. The van der Waals surface area contributed by atoms with Crippen molar-refractivity contribution in [2.45, 2.75) is 32.1 Å². The number of Topliss-reactive ketones (excluding diaryl/α,β-unsaturated/α-hetero) is 1. The number of rotatable bonds is 6. The molecule has 0 radical (unpaired) electrons. The molecule has 3 aromatic rings. The van der Waals surface area contributed by atoms with Gasteiger partial charge in [0.05, 0.1) is 6.42 Å². The molecule has 0 aliphatic rings. The maximum atomic E-state index is 12.7. The summed E-state index contributed by atoms with van der Waals surface area (Å²) in [6.45, 7) is 3.81. The van der Waals surface area contributed by atoms with E-state index in [0.29, 0.717) is 12.0 Å². The second-order valence-electron chi connectivity index (χ2n) is 6.97. The summed E-state index contributed by atoms with van der Waals surface area (Å²) in [5, 5.41) is 10.0. The fourth-order valence-electron chi connectivity index (χ4n) is 3.30. The van der Waals surface area contributed by atoms with E-state index in [4.69, 9.17) is 0 Å². The molecule has 2 aromatic carbocycles. The van der Waals surface area contributed by atoms with Crippen molar-refractivity contribution in [3.63, 3.8) is 0 Å². The highest BCUT2D eigenvalue weighted by Crippen LogP contribution is 2.34. The van der Waals surface area contributed by atoms with Crippen LogP contribution in [0.4, 0.5) is 0 Å². The van der Waals surface area contributed by atoms with Crippen molar-refractivity contribution in [1.29, 1.82) is 0 Å². The maximum absolute atomic E-state index is 12.7. The zero-order valence-corrected chi connectivity index (χ0v) is 14.4. The molecule has 4 nitrogen and oxygen atoms in total. The van der Waals surface area contributed by atoms with Crippen LogP contribution in [0.2, 0.25) is 0 Å². The van der Waals surface area contributed by atoms with Gasteiger partial charge in [-0.2, -0.15) is 0 Å². The van der Waals surface area contributed by atoms with E-state index in [-0.39, 0.29) is 12.2 Å². The molecule has 0 bridgehead atoms. The van der Waals surface area contributed by atoms with Gasteiger partial charge in [0.1, 0.15) is 0 Å². The third kappa shape index (κ3) is 3.48. The molecule has 0 saturated heterocycles. The number of hydrogen-bond donors (Lipinski definition) is 2. The first-order chi connectivity index (χ1) is 11.9. The van der Waals surface area contributed by atoms with Crippen LogP contribution in [0, 0.1) is 0 Å². The summed E-state index contributed by atoms with van der Waals surface area (Å²) >= 11 is 0. The molecule has 0 spiro atoms.